The molecule has 2 aliphatic heterocycles. The normalized spacial score (nSPS) is 21.2. The maximum absolute atomic E-state index is 12.5. The molecule has 1 N–H and O–H groups in total. The molecule has 3 heterocycles. The summed E-state index contributed by atoms with van der Waals surface area (Å²) >= 11 is 6.29. The van der Waals surface area contributed by atoms with Crippen LogP contribution < -0.4 is 10.1 Å². The van der Waals surface area contributed by atoms with Crippen molar-refractivity contribution in [1.29, 1.82) is 0 Å². The first-order valence-electron chi connectivity index (χ1n) is 10.1. The molecule has 3 rings (SSSR count). The summed E-state index contributed by atoms with van der Waals surface area (Å²) in [5.74, 6) is 0.738. The van der Waals surface area contributed by atoms with Crippen molar-refractivity contribution in [2.45, 2.75) is 25.4 Å². The Morgan fingerprint density at radius 3 is 2.89 bits per heavy atom. The van der Waals surface area contributed by atoms with E-state index >= 15 is 0 Å². The van der Waals surface area contributed by atoms with Crippen LogP contribution in [0, 0.1) is 5.92 Å². The van der Waals surface area contributed by atoms with Crippen LogP contribution in [0.15, 0.2) is 12.3 Å². The summed E-state index contributed by atoms with van der Waals surface area (Å²) in [4.78, 5) is 21.4. The Morgan fingerprint density at radius 2 is 2.18 bits per heavy atom. The number of nitrogens with zero attached hydrogens (tertiary/aromatic N) is 3. The predicted octanol–water partition coefficient (Wildman–Crippen LogP) is 1.91. The number of pyridine rings is 1. The minimum absolute atomic E-state index is 0.0660. The van der Waals surface area contributed by atoms with Crippen LogP contribution in [0.2, 0.25) is 5.02 Å². The van der Waals surface area contributed by atoms with Gasteiger partial charge in [0.25, 0.3) is 5.91 Å². The number of rotatable bonds is 8. The molecule has 1 amide bonds. The summed E-state index contributed by atoms with van der Waals surface area (Å²) in [5.41, 5.74) is 0.465. The highest BCUT2D eigenvalue weighted by atomic mass is 35.5. The van der Waals surface area contributed by atoms with Gasteiger partial charge in [0, 0.05) is 45.2 Å². The molecule has 0 bridgehead atoms. The van der Waals surface area contributed by atoms with Gasteiger partial charge in [0.2, 0.25) is 5.88 Å². The van der Waals surface area contributed by atoms with E-state index in [0.29, 0.717) is 42.1 Å². The van der Waals surface area contributed by atoms with Crippen molar-refractivity contribution in [3.05, 3.63) is 22.8 Å². The monoisotopic (exact) mass is 410 g/mol. The van der Waals surface area contributed by atoms with Gasteiger partial charge in [-0.05, 0) is 39.0 Å². The number of hydrogen-bond donors (Lipinski definition) is 1. The third-order valence-electron chi connectivity index (χ3n) is 5.30. The van der Waals surface area contributed by atoms with E-state index in [0.717, 1.165) is 45.4 Å². The third-order valence-corrected chi connectivity index (χ3v) is 5.57. The molecule has 0 radical (unpaired) electrons. The van der Waals surface area contributed by atoms with E-state index in [2.05, 4.69) is 34.2 Å². The first-order valence-corrected chi connectivity index (χ1v) is 10.4. The van der Waals surface area contributed by atoms with E-state index < -0.39 is 0 Å². The van der Waals surface area contributed by atoms with Crippen molar-refractivity contribution in [1.82, 2.24) is 20.1 Å². The molecule has 28 heavy (non-hydrogen) atoms. The number of ether oxygens (including phenoxy) is 2. The molecular formula is C20H31ClN4O3. The van der Waals surface area contributed by atoms with E-state index in [9.17, 15) is 4.79 Å². The zero-order valence-corrected chi connectivity index (χ0v) is 17.6. The average Bonchev–Trinajstić information content (AvgIpc) is 3.15. The van der Waals surface area contributed by atoms with E-state index in [1.165, 1.54) is 6.20 Å². The summed E-state index contributed by atoms with van der Waals surface area (Å²) in [6.07, 6.45) is 4.37. The highest BCUT2D eigenvalue weighted by Gasteiger charge is 2.23. The fraction of sp³-hybridized carbons (Fsp3) is 0.700. The highest BCUT2D eigenvalue weighted by Crippen LogP contribution is 2.25. The van der Waals surface area contributed by atoms with Crippen LogP contribution in [0.5, 0.6) is 5.88 Å². The molecule has 1 unspecified atom stereocenters. The van der Waals surface area contributed by atoms with Gasteiger partial charge in [0.05, 0.1) is 18.8 Å². The van der Waals surface area contributed by atoms with Crippen LogP contribution in [0.3, 0.4) is 0 Å². The third kappa shape index (κ3) is 6.30. The van der Waals surface area contributed by atoms with Crippen LogP contribution in [0.25, 0.3) is 0 Å². The standard InChI is InChI=1S/C20H31ClN4O3/c1-24(2)7-8-25-6-3-15(14-25)12-22-19(26)16-11-18(21)20(23-13-16)28-17-4-9-27-10-5-17/h11,13,15,17H,3-10,12,14H2,1-2H3,(H,22,26). The molecule has 8 heteroatoms. The quantitative estimate of drug-likeness (QED) is 0.706. The van der Waals surface area contributed by atoms with Gasteiger partial charge in [-0.2, -0.15) is 0 Å². The molecule has 0 saturated carbocycles. The molecule has 1 aromatic heterocycles. The fourth-order valence-corrected chi connectivity index (χ4v) is 3.76. The van der Waals surface area contributed by atoms with Gasteiger partial charge < -0.3 is 24.6 Å². The number of likely N-dealkylation sites (N-methyl/N-ethyl adjacent to an activating group) is 1. The van der Waals surface area contributed by atoms with Gasteiger partial charge >= 0.3 is 0 Å². The number of amides is 1. The van der Waals surface area contributed by atoms with Gasteiger partial charge in [0.15, 0.2) is 0 Å². The highest BCUT2D eigenvalue weighted by molar-refractivity contribution is 6.32. The fourth-order valence-electron chi connectivity index (χ4n) is 3.55. The van der Waals surface area contributed by atoms with Gasteiger partial charge in [-0.15, -0.1) is 0 Å². The molecule has 7 nitrogen and oxygen atoms in total. The summed E-state index contributed by atoms with van der Waals surface area (Å²) < 4.78 is 11.2. The smallest absolute Gasteiger partial charge is 0.252 e. The van der Waals surface area contributed by atoms with Gasteiger partial charge in [-0.3, -0.25) is 4.79 Å². The molecule has 1 aromatic rings. The molecule has 0 aromatic carbocycles. The summed E-state index contributed by atoms with van der Waals surface area (Å²) in [5, 5.41) is 3.39. The van der Waals surface area contributed by atoms with Crippen molar-refractivity contribution >= 4 is 17.5 Å². The van der Waals surface area contributed by atoms with E-state index in [1.807, 2.05) is 0 Å². The van der Waals surface area contributed by atoms with E-state index in [1.54, 1.807) is 6.07 Å². The zero-order valence-electron chi connectivity index (χ0n) is 16.8. The van der Waals surface area contributed by atoms with E-state index in [4.69, 9.17) is 21.1 Å². The Hall–Kier alpha value is -1.41. The summed E-state index contributed by atoms with van der Waals surface area (Å²) in [7, 11) is 4.18. The molecule has 2 fully saturated rings. The van der Waals surface area contributed by atoms with Gasteiger partial charge in [0.1, 0.15) is 11.1 Å². The van der Waals surface area contributed by atoms with Crippen LogP contribution in [0.4, 0.5) is 0 Å². The first kappa shape index (κ1) is 21.3. The molecule has 0 aliphatic carbocycles. The van der Waals surface area contributed by atoms with Crippen LogP contribution >= 0.6 is 11.6 Å². The molecule has 1 atom stereocenters. The Bertz CT molecular complexity index is 652. The summed E-state index contributed by atoms with van der Waals surface area (Å²) in [6, 6.07) is 1.64. The lowest BCUT2D eigenvalue weighted by atomic mass is 10.1. The molecule has 0 spiro atoms. The van der Waals surface area contributed by atoms with Gasteiger partial charge in [-0.1, -0.05) is 11.6 Å². The van der Waals surface area contributed by atoms with Crippen molar-refractivity contribution < 1.29 is 14.3 Å². The number of halogens is 1. The SMILES string of the molecule is CN(C)CCN1CCC(CNC(=O)c2cnc(OC3CCOCC3)c(Cl)c2)C1. The second kappa shape index (κ2) is 10.4. The second-order valence-electron chi connectivity index (χ2n) is 7.91. The predicted molar refractivity (Wildman–Crippen MR) is 109 cm³/mol. The summed E-state index contributed by atoms with van der Waals surface area (Å²) in [6.45, 7) is 6.32. The molecule has 2 saturated heterocycles. The largest absolute Gasteiger partial charge is 0.473 e. The Morgan fingerprint density at radius 1 is 1.39 bits per heavy atom. The van der Waals surface area contributed by atoms with Crippen LogP contribution in [0.1, 0.15) is 29.6 Å². The number of nitrogens with one attached hydrogen (secondary N) is 1. The van der Waals surface area contributed by atoms with Crippen molar-refractivity contribution in [2.24, 2.45) is 5.92 Å². The minimum atomic E-state index is -0.140. The Balaban J connectivity index is 1.45. The maximum Gasteiger partial charge on any atom is 0.252 e. The number of carbonyl (C=O) groups is 1. The first-order chi connectivity index (χ1) is 13.5. The Kier molecular flexibility index (Phi) is 7.91. The lowest BCUT2D eigenvalue weighted by molar-refractivity contribution is 0.0238. The van der Waals surface area contributed by atoms with Gasteiger partial charge in [-0.25, -0.2) is 4.98 Å². The van der Waals surface area contributed by atoms with E-state index in [-0.39, 0.29) is 12.0 Å². The van der Waals surface area contributed by atoms with Crippen molar-refractivity contribution in [3.8, 4) is 5.88 Å². The number of aromatic nitrogens is 1. The lowest BCUT2D eigenvalue weighted by Crippen LogP contribution is -2.33. The molecule has 2 aliphatic rings. The minimum Gasteiger partial charge on any atom is -0.473 e. The number of carbonyl (C=O) groups excluding carboxylic acids is 1. The topological polar surface area (TPSA) is 66.9 Å². The molecule has 156 valence electrons. The van der Waals surface area contributed by atoms with Crippen LogP contribution in [-0.4, -0.2) is 86.8 Å². The average molecular weight is 411 g/mol. The maximum atomic E-state index is 12.5. The van der Waals surface area contributed by atoms with Crippen molar-refractivity contribution in [2.75, 3.05) is 60.0 Å². The lowest BCUT2D eigenvalue weighted by Gasteiger charge is -2.23. The Labute approximate surface area is 172 Å². The zero-order chi connectivity index (χ0) is 19.9. The number of likely N-dealkylation sites (tertiary alicyclic amines) is 1. The molecular weight excluding hydrogens is 380 g/mol. The number of hydrogen-bond acceptors (Lipinski definition) is 6. The second-order valence-corrected chi connectivity index (χ2v) is 8.32. The van der Waals surface area contributed by atoms with Crippen molar-refractivity contribution in [3.63, 3.8) is 0 Å². The van der Waals surface area contributed by atoms with Crippen LogP contribution in [-0.2, 0) is 4.74 Å².